The van der Waals surface area contributed by atoms with Crippen molar-refractivity contribution in [2.75, 3.05) is 5.73 Å². The van der Waals surface area contributed by atoms with Crippen molar-refractivity contribution in [1.82, 2.24) is 9.97 Å². The number of nitrogen functional groups attached to an aromatic ring is 1. The van der Waals surface area contributed by atoms with Crippen LogP contribution in [0.1, 0.15) is 11.8 Å². The number of H-pyrrole nitrogens is 1. The van der Waals surface area contributed by atoms with E-state index in [1.807, 2.05) is 18.2 Å². The van der Waals surface area contributed by atoms with Crippen molar-refractivity contribution >= 4 is 28.1 Å². The second-order valence-electron chi connectivity index (χ2n) is 3.98. The predicted molar refractivity (Wildman–Crippen MR) is 73.2 cm³/mol. The van der Waals surface area contributed by atoms with Gasteiger partial charge in [0.05, 0.1) is 15.9 Å². The minimum atomic E-state index is 0.758. The summed E-state index contributed by atoms with van der Waals surface area (Å²) in [6.45, 7) is 2.16. The predicted octanol–water partition coefficient (Wildman–Crippen LogP) is 3.44. The van der Waals surface area contributed by atoms with E-state index in [0.29, 0.717) is 0 Å². The number of fused-ring (bicyclic) bond motifs is 1. The van der Waals surface area contributed by atoms with E-state index in [1.165, 1.54) is 9.75 Å². The summed E-state index contributed by atoms with van der Waals surface area (Å²) in [5, 5.41) is 0. The third-order valence-electron chi connectivity index (χ3n) is 2.75. The van der Waals surface area contributed by atoms with Gasteiger partial charge in [0.25, 0.3) is 0 Å². The van der Waals surface area contributed by atoms with Gasteiger partial charge >= 0.3 is 0 Å². The molecule has 2 heterocycles. The van der Waals surface area contributed by atoms with E-state index in [2.05, 4.69) is 29.0 Å². The third kappa shape index (κ3) is 1.80. The van der Waals surface area contributed by atoms with Crippen molar-refractivity contribution in [1.29, 1.82) is 0 Å². The summed E-state index contributed by atoms with van der Waals surface area (Å²) in [7, 11) is 0. The van der Waals surface area contributed by atoms with E-state index in [-0.39, 0.29) is 0 Å². The molecule has 1 aromatic carbocycles. The SMILES string of the molecule is CCc1ccc(-c2nc3ccc(N)cc3[nH]2)s1. The molecule has 0 unspecified atom stereocenters. The zero-order valence-corrected chi connectivity index (χ0v) is 10.3. The minimum Gasteiger partial charge on any atom is -0.399 e. The summed E-state index contributed by atoms with van der Waals surface area (Å²) < 4.78 is 0. The van der Waals surface area contributed by atoms with Crippen molar-refractivity contribution in [2.45, 2.75) is 13.3 Å². The summed E-state index contributed by atoms with van der Waals surface area (Å²) in [5.41, 5.74) is 8.46. The number of rotatable bonds is 2. The van der Waals surface area contributed by atoms with Gasteiger partial charge in [0.2, 0.25) is 0 Å². The summed E-state index contributed by atoms with van der Waals surface area (Å²) in [6.07, 6.45) is 1.07. The van der Waals surface area contributed by atoms with Crippen molar-refractivity contribution < 1.29 is 0 Å². The number of aryl methyl sites for hydroxylation is 1. The highest BCUT2D eigenvalue weighted by Crippen LogP contribution is 2.28. The van der Waals surface area contributed by atoms with Crippen LogP contribution in [-0.2, 0) is 6.42 Å². The fourth-order valence-electron chi connectivity index (χ4n) is 1.84. The van der Waals surface area contributed by atoms with Gasteiger partial charge in [-0.15, -0.1) is 11.3 Å². The molecule has 3 aromatic rings. The Kier molecular flexibility index (Phi) is 2.37. The van der Waals surface area contributed by atoms with E-state index in [0.717, 1.165) is 29.0 Å². The standard InChI is InChI=1S/C13H13N3S/c1-2-9-4-6-12(17-9)13-15-10-5-3-8(14)7-11(10)16-13/h3-7H,2,14H2,1H3,(H,15,16). The van der Waals surface area contributed by atoms with Gasteiger partial charge in [0.1, 0.15) is 5.82 Å². The Morgan fingerprint density at radius 1 is 1.29 bits per heavy atom. The van der Waals surface area contributed by atoms with Gasteiger partial charge in [-0.05, 0) is 36.8 Å². The lowest BCUT2D eigenvalue weighted by Gasteiger charge is -1.90. The Morgan fingerprint density at radius 3 is 2.94 bits per heavy atom. The molecule has 3 N–H and O–H groups in total. The third-order valence-corrected chi connectivity index (χ3v) is 3.99. The lowest BCUT2D eigenvalue weighted by molar-refractivity contribution is 1.19. The van der Waals surface area contributed by atoms with Crippen LogP contribution in [0, 0.1) is 0 Å². The second-order valence-corrected chi connectivity index (χ2v) is 5.15. The van der Waals surface area contributed by atoms with Gasteiger partial charge in [-0.3, -0.25) is 0 Å². The molecule has 3 rings (SSSR count). The first-order valence-electron chi connectivity index (χ1n) is 5.60. The number of anilines is 1. The fraction of sp³-hybridized carbons (Fsp3) is 0.154. The van der Waals surface area contributed by atoms with E-state index in [4.69, 9.17) is 5.73 Å². The molecule has 3 nitrogen and oxygen atoms in total. The zero-order valence-electron chi connectivity index (χ0n) is 9.53. The highest BCUT2D eigenvalue weighted by atomic mass is 32.1. The smallest absolute Gasteiger partial charge is 0.148 e. The largest absolute Gasteiger partial charge is 0.399 e. The van der Waals surface area contributed by atoms with Crippen LogP contribution in [0.25, 0.3) is 21.7 Å². The summed E-state index contributed by atoms with van der Waals surface area (Å²) in [5.74, 6) is 0.926. The molecule has 0 saturated heterocycles. The molecule has 17 heavy (non-hydrogen) atoms. The Balaban J connectivity index is 2.11. The Hall–Kier alpha value is -1.81. The van der Waals surface area contributed by atoms with Crippen LogP contribution in [-0.4, -0.2) is 9.97 Å². The van der Waals surface area contributed by atoms with Gasteiger partial charge < -0.3 is 10.7 Å². The zero-order chi connectivity index (χ0) is 11.8. The van der Waals surface area contributed by atoms with Crippen LogP contribution >= 0.6 is 11.3 Å². The van der Waals surface area contributed by atoms with Gasteiger partial charge in [-0.25, -0.2) is 4.98 Å². The maximum absolute atomic E-state index is 5.75. The normalized spacial score (nSPS) is 11.1. The van der Waals surface area contributed by atoms with Crippen molar-refractivity contribution in [2.24, 2.45) is 0 Å². The number of thiophene rings is 1. The number of nitrogens with one attached hydrogen (secondary N) is 1. The quantitative estimate of drug-likeness (QED) is 0.677. The molecular weight excluding hydrogens is 230 g/mol. The first-order chi connectivity index (χ1) is 8.26. The topological polar surface area (TPSA) is 54.7 Å². The Morgan fingerprint density at radius 2 is 2.18 bits per heavy atom. The summed E-state index contributed by atoms with van der Waals surface area (Å²) >= 11 is 1.78. The fourth-order valence-corrected chi connectivity index (χ4v) is 2.73. The molecule has 0 atom stereocenters. The maximum Gasteiger partial charge on any atom is 0.148 e. The number of hydrogen-bond acceptors (Lipinski definition) is 3. The van der Waals surface area contributed by atoms with Crippen LogP contribution in [0.5, 0.6) is 0 Å². The number of aromatic nitrogens is 2. The van der Waals surface area contributed by atoms with Crippen molar-refractivity contribution in [3.05, 3.63) is 35.2 Å². The molecule has 86 valence electrons. The molecular formula is C13H13N3S. The second kappa shape index (κ2) is 3.89. The molecule has 0 bridgehead atoms. The van der Waals surface area contributed by atoms with E-state index < -0.39 is 0 Å². The average molecular weight is 243 g/mol. The molecule has 0 amide bonds. The highest BCUT2D eigenvalue weighted by molar-refractivity contribution is 7.15. The average Bonchev–Trinajstić information content (AvgIpc) is 2.93. The van der Waals surface area contributed by atoms with Crippen molar-refractivity contribution in [3.63, 3.8) is 0 Å². The molecule has 0 aliphatic rings. The first-order valence-corrected chi connectivity index (χ1v) is 6.42. The first kappa shape index (κ1) is 10.4. The van der Waals surface area contributed by atoms with Gasteiger partial charge in [0.15, 0.2) is 0 Å². The van der Waals surface area contributed by atoms with Crippen molar-refractivity contribution in [3.8, 4) is 10.7 Å². The molecule has 4 heteroatoms. The number of imidazole rings is 1. The molecule has 2 aromatic heterocycles. The summed E-state index contributed by atoms with van der Waals surface area (Å²) in [4.78, 5) is 10.4. The monoisotopic (exact) mass is 243 g/mol. The lowest BCUT2D eigenvalue weighted by Crippen LogP contribution is -1.82. The number of nitrogens with two attached hydrogens (primary N) is 1. The van der Waals surface area contributed by atoms with Gasteiger partial charge in [-0.1, -0.05) is 6.92 Å². The number of hydrogen-bond donors (Lipinski definition) is 2. The van der Waals surface area contributed by atoms with Crippen LogP contribution in [0.2, 0.25) is 0 Å². The van der Waals surface area contributed by atoms with Gasteiger partial charge in [0, 0.05) is 10.6 Å². The summed E-state index contributed by atoms with van der Waals surface area (Å²) in [6, 6.07) is 10.0. The molecule has 0 saturated carbocycles. The Labute approximate surface area is 103 Å². The van der Waals surface area contributed by atoms with Crippen LogP contribution in [0.4, 0.5) is 5.69 Å². The highest BCUT2D eigenvalue weighted by Gasteiger charge is 2.07. The number of nitrogens with zero attached hydrogens (tertiary/aromatic N) is 1. The molecule has 0 radical (unpaired) electrons. The molecule has 0 aliphatic carbocycles. The van der Waals surface area contributed by atoms with Crippen LogP contribution < -0.4 is 5.73 Å². The van der Waals surface area contributed by atoms with Crippen LogP contribution in [0.3, 0.4) is 0 Å². The molecule has 0 aliphatic heterocycles. The molecule has 0 spiro atoms. The number of benzene rings is 1. The Bertz CT molecular complexity index is 666. The van der Waals surface area contributed by atoms with E-state index >= 15 is 0 Å². The van der Waals surface area contributed by atoms with E-state index in [1.54, 1.807) is 11.3 Å². The van der Waals surface area contributed by atoms with E-state index in [9.17, 15) is 0 Å². The maximum atomic E-state index is 5.75. The lowest BCUT2D eigenvalue weighted by atomic mass is 10.3. The van der Waals surface area contributed by atoms with Gasteiger partial charge in [-0.2, -0.15) is 0 Å². The molecule has 0 fully saturated rings. The van der Waals surface area contributed by atoms with Crippen LogP contribution in [0.15, 0.2) is 30.3 Å². The number of aromatic amines is 1. The minimum absolute atomic E-state index is 0.758.